The first-order valence-corrected chi connectivity index (χ1v) is 16.6. The van der Waals surface area contributed by atoms with Crippen molar-refractivity contribution in [1.29, 1.82) is 0 Å². The highest BCUT2D eigenvalue weighted by Gasteiger charge is 2.27. The van der Waals surface area contributed by atoms with Crippen molar-refractivity contribution < 1.29 is 33.1 Å². The predicted octanol–water partition coefficient (Wildman–Crippen LogP) is 3.97. The number of amides is 3. The molecule has 2 bridgehead atoms. The number of fused-ring (bicyclic) bond motifs is 2. The molecular weight excluding hydrogens is 601 g/mol. The lowest BCUT2D eigenvalue weighted by Crippen LogP contribution is -2.46. The molecule has 0 spiro atoms. The lowest BCUT2D eigenvalue weighted by molar-refractivity contribution is -0.152. The first kappa shape index (κ1) is 37.6. The molecule has 5 N–H and O–H groups in total. The average molecular weight is 648 g/mol. The third-order valence-corrected chi connectivity index (χ3v) is 7.86. The van der Waals surface area contributed by atoms with Crippen molar-refractivity contribution in [3.05, 3.63) is 53.3 Å². The van der Waals surface area contributed by atoms with E-state index in [0.717, 1.165) is 37.8 Å². The molecule has 2 heterocycles. The Morgan fingerprint density at radius 3 is 2.62 bits per heavy atom. The summed E-state index contributed by atoms with van der Waals surface area (Å²) in [5, 5.41) is 7.76. The van der Waals surface area contributed by atoms with Crippen molar-refractivity contribution in [2.45, 2.75) is 103 Å². The van der Waals surface area contributed by atoms with Crippen LogP contribution in [0.5, 0.6) is 0 Å². The molecule has 11 nitrogen and oxygen atoms in total. The van der Waals surface area contributed by atoms with Crippen molar-refractivity contribution in [3.8, 4) is 0 Å². The summed E-state index contributed by atoms with van der Waals surface area (Å²) in [6, 6.07) is 0.909. The molecule has 2 atom stereocenters. The van der Waals surface area contributed by atoms with Crippen LogP contribution >= 0.6 is 11.8 Å². The number of ether oxygens (including phenoxy) is 1. The largest absolute Gasteiger partial charge is 0.456 e. The third-order valence-electron chi connectivity index (χ3n) is 6.90. The molecular formula is C32H46FN5O6S. The quantitative estimate of drug-likeness (QED) is 0.101. The molecule has 0 unspecified atom stereocenters. The number of unbranched alkanes of at least 4 members (excludes halogenated alkanes) is 5. The number of cyclic esters (lactones) is 1. The van der Waals surface area contributed by atoms with Gasteiger partial charge in [0.05, 0.1) is 18.7 Å². The Bertz CT molecular complexity index is 1220. The highest BCUT2D eigenvalue weighted by Crippen LogP contribution is 2.15. The van der Waals surface area contributed by atoms with Gasteiger partial charge in [0, 0.05) is 18.2 Å². The maximum absolute atomic E-state index is 14.3. The van der Waals surface area contributed by atoms with Crippen LogP contribution in [0.2, 0.25) is 0 Å². The molecule has 13 heteroatoms. The van der Waals surface area contributed by atoms with Crippen molar-refractivity contribution >= 4 is 40.6 Å². The SMILES string of the molecule is C/C=C1\NC(=O)c2cc(F)cc(n2)CNC(=O)C[C@@H](/C=C/CCSC(=O)CCCCCCC)OC(=O)[C@H](CCCCN)NC1=O. The Hall–Kier alpha value is -3.58. The first-order valence-electron chi connectivity index (χ1n) is 15.6. The second kappa shape index (κ2) is 21.2. The molecule has 1 aliphatic rings. The molecule has 248 valence electrons. The number of nitrogens with two attached hydrogens (primary N) is 1. The van der Waals surface area contributed by atoms with E-state index in [1.165, 1.54) is 31.2 Å². The van der Waals surface area contributed by atoms with Gasteiger partial charge in [-0.15, -0.1) is 0 Å². The minimum Gasteiger partial charge on any atom is -0.456 e. The van der Waals surface area contributed by atoms with E-state index >= 15 is 0 Å². The molecule has 0 radical (unpaired) electrons. The number of hydrogen-bond acceptors (Lipinski definition) is 9. The molecule has 0 saturated heterocycles. The highest BCUT2D eigenvalue weighted by molar-refractivity contribution is 8.13. The van der Waals surface area contributed by atoms with Crippen molar-refractivity contribution in [3.63, 3.8) is 0 Å². The molecule has 1 aromatic rings. The number of rotatable bonds is 14. The monoisotopic (exact) mass is 647 g/mol. The number of nitrogens with zero attached hydrogens (tertiary/aromatic N) is 1. The van der Waals surface area contributed by atoms with E-state index in [-0.39, 0.29) is 41.6 Å². The second-order valence-corrected chi connectivity index (χ2v) is 11.8. The van der Waals surface area contributed by atoms with Crippen LogP contribution in [0, 0.1) is 5.82 Å². The smallest absolute Gasteiger partial charge is 0.329 e. The number of thioether (sulfide) groups is 1. The Labute approximate surface area is 268 Å². The van der Waals surface area contributed by atoms with E-state index in [1.54, 1.807) is 12.2 Å². The van der Waals surface area contributed by atoms with E-state index in [9.17, 15) is 28.4 Å². The summed E-state index contributed by atoms with van der Waals surface area (Å²) in [6.45, 7) is 3.87. The Morgan fingerprint density at radius 2 is 1.89 bits per heavy atom. The maximum Gasteiger partial charge on any atom is 0.329 e. The highest BCUT2D eigenvalue weighted by atomic mass is 32.2. The van der Waals surface area contributed by atoms with E-state index in [1.807, 2.05) is 0 Å². The van der Waals surface area contributed by atoms with Gasteiger partial charge in [0.2, 0.25) is 5.91 Å². The molecule has 0 aromatic carbocycles. The Morgan fingerprint density at radius 1 is 1.11 bits per heavy atom. The summed E-state index contributed by atoms with van der Waals surface area (Å²) in [4.78, 5) is 68.3. The molecule has 3 amide bonds. The molecule has 0 saturated carbocycles. The van der Waals surface area contributed by atoms with Gasteiger partial charge in [0.1, 0.15) is 29.4 Å². The minimum absolute atomic E-state index is 0.0863. The van der Waals surface area contributed by atoms with E-state index in [2.05, 4.69) is 27.9 Å². The van der Waals surface area contributed by atoms with Gasteiger partial charge >= 0.3 is 5.97 Å². The summed E-state index contributed by atoms with van der Waals surface area (Å²) in [7, 11) is 0. The minimum atomic E-state index is -1.09. The van der Waals surface area contributed by atoms with Crippen LogP contribution in [0.1, 0.15) is 101 Å². The number of nitrogens with one attached hydrogen (secondary N) is 3. The number of allylic oxidation sites excluding steroid dienone is 2. The fourth-order valence-corrected chi connectivity index (χ4v) is 5.21. The molecule has 0 fully saturated rings. The van der Waals surface area contributed by atoms with E-state index in [0.29, 0.717) is 38.0 Å². The average Bonchev–Trinajstić information content (AvgIpc) is 3.00. The van der Waals surface area contributed by atoms with Gasteiger partial charge in [-0.25, -0.2) is 14.2 Å². The summed E-state index contributed by atoms with van der Waals surface area (Å²) < 4.78 is 20.0. The van der Waals surface area contributed by atoms with Gasteiger partial charge in [0.15, 0.2) is 5.12 Å². The Kier molecular flexibility index (Phi) is 17.7. The fraction of sp³-hybridized carbons (Fsp3) is 0.562. The van der Waals surface area contributed by atoms with Gasteiger partial charge in [0.25, 0.3) is 11.8 Å². The normalized spacial score (nSPS) is 19.2. The van der Waals surface area contributed by atoms with Crippen molar-refractivity contribution in [1.82, 2.24) is 20.9 Å². The van der Waals surface area contributed by atoms with E-state index < -0.39 is 41.7 Å². The maximum atomic E-state index is 14.3. The van der Waals surface area contributed by atoms with Crippen LogP contribution in [-0.2, 0) is 30.5 Å². The van der Waals surface area contributed by atoms with Crippen LogP contribution in [0.25, 0.3) is 0 Å². The fourth-order valence-electron chi connectivity index (χ4n) is 4.44. The van der Waals surface area contributed by atoms with Gasteiger partial charge in [-0.3, -0.25) is 19.2 Å². The van der Waals surface area contributed by atoms with Crippen molar-refractivity contribution in [2.24, 2.45) is 5.73 Å². The second-order valence-electron chi connectivity index (χ2n) is 10.7. The molecule has 1 aliphatic heterocycles. The molecule has 45 heavy (non-hydrogen) atoms. The lowest BCUT2D eigenvalue weighted by Gasteiger charge is -2.22. The molecule has 2 rings (SSSR count). The topological polar surface area (TPSA) is 170 Å². The van der Waals surface area contributed by atoms with Crippen molar-refractivity contribution in [2.75, 3.05) is 12.3 Å². The van der Waals surface area contributed by atoms with Crippen LogP contribution < -0.4 is 21.7 Å². The van der Waals surface area contributed by atoms with Gasteiger partial charge < -0.3 is 26.4 Å². The number of hydrogen-bond donors (Lipinski definition) is 4. The summed E-state index contributed by atoms with van der Waals surface area (Å²) in [5.74, 6) is -3.04. The molecule has 1 aromatic heterocycles. The van der Waals surface area contributed by atoms with Gasteiger partial charge in [-0.2, -0.15) is 0 Å². The Balaban J connectivity index is 2.19. The number of pyridine rings is 1. The lowest BCUT2D eigenvalue weighted by atomic mass is 10.1. The van der Waals surface area contributed by atoms with Crippen LogP contribution in [0.15, 0.2) is 36.1 Å². The molecule has 0 aliphatic carbocycles. The zero-order valence-electron chi connectivity index (χ0n) is 26.2. The van der Waals surface area contributed by atoms with Crippen LogP contribution in [0.4, 0.5) is 4.39 Å². The van der Waals surface area contributed by atoms with Gasteiger partial charge in [-0.05, 0) is 57.7 Å². The number of carbonyl (C=O) groups is 5. The van der Waals surface area contributed by atoms with Crippen LogP contribution in [-0.4, -0.2) is 58.2 Å². The number of halogens is 1. The van der Waals surface area contributed by atoms with Gasteiger partial charge in [-0.1, -0.05) is 56.5 Å². The summed E-state index contributed by atoms with van der Waals surface area (Å²) in [5.41, 5.74) is 5.25. The number of carbonyl (C=O) groups excluding carboxylic acids is 5. The summed E-state index contributed by atoms with van der Waals surface area (Å²) >= 11 is 1.25. The standard InChI is InChI=1S/C32H46FN5O6S/c1-3-5-6-7-8-15-29(40)45-17-12-10-13-24-20-28(39)35-21-23-18-22(33)19-27(36-23)31(42)37-25(4-2)30(41)38-26(32(43)44-24)14-9-11-16-34/h4,10,13,18-19,24,26H,3,5-9,11-12,14-17,20-21,34H2,1-2H3,(H,35,39)(H,37,42)(H,38,41)/b13-10+,25-4-/t24-,26+/m1/s1. The zero-order valence-corrected chi connectivity index (χ0v) is 27.0. The number of aromatic nitrogens is 1. The zero-order chi connectivity index (χ0) is 33.0. The number of esters is 1. The van der Waals surface area contributed by atoms with Crippen LogP contribution in [0.3, 0.4) is 0 Å². The summed E-state index contributed by atoms with van der Waals surface area (Å²) in [6.07, 6.45) is 11.2. The first-order chi connectivity index (χ1) is 21.7. The predicted molar refractivity (Wildman–Crippen MR) is 171 cm³/mol. The van der Waals surface area contributed by atoms with E-state index in [4.69, 9.17) is 10.5 Å². The third kappa shape index (κ3) is 14.8.